The minimum Gasteiger partial charge on any atom is -0.377 e. The minimum atomic E-state index is -0.179. The molecule has 0 amide bonds. The fourth-order valence-electron chi connectivity index (χ4n) is 2.51. The third-order valence-corrected chi connectivity index (χ3v) is 3.53. The number of H-pyrrole nitrogens is 2. The molecule has 1 aromatic carbocycles. The second kappa shape index (κ2) is 6.03. The number of methoxy groups -OCH3 is 1. The summed E-state index contributed by atoms with van der Waals surface area (Å²) in [5.41, 5.74) is 2.08. The maximum absolute atomic E-state index is 11.7. The number of benzene rings is 1. The van der Waals surface area contributed by atoms with Crippen LogP contribution in [0.1, 0.15) is 11.4 Å². The first-order valence-corrected chi connectivity index (χ1v) is 7.02. The van der Waals surface area contributed by atoms with Crippen molar-refractivity contribution < 1.29 is 4.74 Å². The van der Waals surface area contributed by atoms with Gasteiger partial charge in [-0.25, -0.2) is 4.98 Å². The standard InChI is InChI=1S/C16H18N4O2/c1-20(14-8-15(21)19-13(18-14)10-22-2)9-12-5-3-4-11-6-7-17-16(11)12/h3-8,17H,9-10H2,1-2H3,(H,18,19,21). The second-order valence-corrected chi connectivity index (χ2v) is 5.20. The number of anilines is 1. The lowest BCUT2D eigenvalue weighted by Crippen LogP contribution is -2.22. The van der Waals surface area contributed by atoms with Gasteiger partial charge in [-0.05, 0) is 17.0 Å². The topological polar surface area (TPSA) is 74.0 Å². The summed E-state index contributed by atoms with van der Waals surface area (Å²) in [6, 6.07) is 9.70. The average Bonchev–Trinajstić information content (AvgIpc) is 2.96. The largest absolute Gasteiger partial charge is 0.377 e. The third kappa shape index (κ3) is 2.87. The summed E-state index contributed by atoms with van der Waals surface area (Å²) in [6.07, 6.45) is 1.93. The highest BCUT2D eigenvalue weighted by Gasteiger charge is 2.09. The number of ether oxygens (including phenoxy) is 1. The molecule has 114 valence electrons. The molecule has 0 unspecified atom stereocenters. The molecule has 2 N–H and O–H groups in total. The van der Waals surface area contributed by atoms with Crippen molar-refractivity contribution in [2.45, 2.75) is 13.2 Å². The average molecular weight is 298 g/mol. The van der Waals surface area contributed by atoms with E-state index >= 15 is 0 Å². The summed E-state index contributed by atoms with van der Waals surface area (Å²) in [5, 5.41) is 1.17. The fourth-order valence-corrected chi connectivity index (χ4v) is 2.51. The lowest BCUT2D eigenvalue weighted by Gasteiger charge is -2.19. The van der Waals surface area contributed by atoms with Gasteiger partial charge in [0.25, 0.3) is 5.56 Å². The minimum absolute atomic E-state index is 0.179. The lowest BCUT2D eigenvalue weighted by atomic mass is 10.1. The van der Waals surface area contributed by atoms with Crippen molar-refractivity contribution in [3.05, 3.63) is 58.3 Å². The van der Waals surface area contributed by atoms with Crippen LogP contribution in [0.4, 0.5) is 5.82 Å². The summed E-state index contributed by atoms with van der Waals surface area (Å²) in [6.45, 7) is 0.934. The molecule has 0 saturated carbocycles. The Morgan fingerprint density at radius 3 is 3.00 bits per heavy atom. The molecule has 3 rings (SSSR count). The highest BCUT2D eigenvalue weighted by Crippen LogP contribution is 2.19. The van der Waals surface area contributed by atoms with Gasteiger partial charge < -0.3 is 19.6 Å². The highest BCUT2D eigenvalue weighted by molar-refractivity contribution is 5.82. The molecule has 2 heterocycles. The lowest BCUT2D eigenvalue weighted by molar-refractivity contribution is 0.177. The number of aromatic amines is 2. The zero-order chi connectivity index (χ0) is 15.5. The van der Waals surface area contributed by atoms with E-state index in [4.69, 9.17) is 4.74 Å². The van der Waals surface area contributed by atoms with Gasteiger partial charge >= 0.3 is 0 Å². The van der Waals surface area contributed by atoms with Crippen LogP contribution in [0.15, 0.2) is 41.3 Å². The first-order valence-electron chi connectivity index (χ1n) is 7.02. The van der Waals surface area contributed by atoms with Gasteiger partial charge in [0.05, 0.1) is 5.52 Å². The quantitative estimate of drug-likeness (QED) is 0.756. The first-order chi connectivity index (χ1) is 10.7. The molecule has 6 heteroatoms. The molecular weight excluding hydrogens is 280 g/mol. The van der Waals surface area contributed by atoms with E-state index in [-0.39, 0.29) is 12.2 Å². The molecule has 0 bridgehead atoms. The summed E-state index contributed by atoms with van der Waals surface area (Å²) >= 11 is 0. The number of aromatic nitrogens is 3. The number of hydrogen-bond donors (Lipinski definition) is 2. The van der Waals surface area contributed by atoms with Gasteiger partial charge in [0.15, 0.2) is 0 Å². The van der Waals surface area contributed by atoms with Crippen molar-refractivity contribution in [1.82, 2.24) is 15.0 Å². The number of nitrogens with zero attached hydrogens (tertiary/aromatic N) is 2. The molecule has 0 aliphatic rings. The molecule has 0 spiro atoms. The maximum atomic E-state index is 11.7. The number of para-hydroxylation sites is 1. The maximum Gasteiger partial charge on any atom is 0.253 e. The molecule has 0 radical (unpaired) electrons. The van der Waals surface area contributed by atoms with Crippen molar-refractivity contribution in [3.8, 4) is 0 Å². The summed E-state index contributed by atoms with van der Waals surface area (Å²) < 4.78 is 5.03. The summed E-state index contributed by atoms with van der Waals surface area (Å²) in [4.78, 5) is 24.0. The molecule has 22 heavy (non-hydrogen) atoms. The van der Waals surface area contributed by atoms with Crippen molar-refractivity contribution in [1.29, 1.82) is 0 Å². The summed E-state index contributed by atoms with van der Waals surface area (Å²) in [7, 11) is 3.49. The van der Waals surface area contributed by atoms with Crippen LogP contribution in [-0.2, 0) is 17.9 Å². The van der Waals surface area contributed by atoms with Crippen LogP contribution >= 0.6 is 0 Å². The molecule has 2 aromatic heterocycles. The van der Waals surface area contributed by atoms with E-state index in [2.05, 4.69) is 27.1 Å². The predicted octanol–water partition coefficient (Wildman–Crippen LogP) is 2.03. The van der Waals surface area contributed by atoms with Gasteiger partial charge in [-0.15, -0.1) is 0 Å². The number of rotatable bonds is 5. The van der Waals surface area contributed by atoms with Gasteiger partial charge in [0, 0.05) is 33.0 Å². The van der Waals surface area contributed by atoms with Gasteiger partial charge in [-0.2, -0.15) is 0 Å². The molecule has 3 aromatic rings. The van der Waals surface area contributed by atoms with Crippen molar-refractivity contribution in [3.63, 3.8) is 0 Å². The molecule has 0 fully saturated rings. The van der Waals surface area contributed by atoms with E-state index < -0.39 is 0 Å². The Bertz CT molecular complexity index is 837. The van der Waals surface area contributed by atoms with Crippen LogP contribution < -0.4 is 10.5 Å². The Morgan fingerprint density at radius 2 is 2.18 bits per heavy atom. The van der Waals surface area contributed by atoms with E-state index in [1.165, 1.54) is 11.5 Å². The van der Waals surface area contributed by atoms with Crippen LogP contribution in [-0.4, -0.2) is 29.1 Å². The van der Waals surface area contributed by atoms with E-state index in [1.54, 1.807) is 7.11 Å². The third-order valence-electron chi connectivity index (χ3n) is 3.53. The van der Waals surface area contributed by atoms with E-state index in [9.17, 15) is 4.79 Å². The van der Waals surface area contributed by atoms with Crippen LogP contribution in [0, 0.1) is 0 Å². The number of fused-ring (bicyclic) bond motifs is 1. The molecule has 6 nitrogen and oxygen atoms in total. The Kier molecular flexibility index (Phi) is 3.93. The van der Waals surface area contributed by atoms with Crippen LogP contribution in [0.25, 0.3) is 10.9 Å². The van der Waals surface area contributed by atoms with Gasteiger partial charge in [0.1, 0.15) is 18.2 Å². The molecular formula is C16H18N4O2. The SMILES string of the molecule is COCc1nc(N(C)Cc2cccc3cc[nH]c23)cc(=O)[nH]1. The van der Waals surface area contributed by atoms with Gasteiger partial charge in [0.2, 0.25) is 0 Å². The monoisotopic (exact) mass is 298 g/mol. The molecule has 0 aliphatic heterocycles. The summed E-state index contributed by atoms with van der Waals surface area (Å²) in [5.74, 6) is 1.15. The fraction of sp³-hybridized carbons (Fsp3) is 0.250. The van der Waals surface area contributed by atoms with Crippen molar-refractivity contribution in [2.75, 3.05) is 19.1 Å². The van der Waals surface area contributed by atoms with Crippen molar-refractivity contribution >= 4 is 16.7 Å². The van der Waals surface area contributed by atoms with E-state index in [0.717, 1.165) is 11.1 Å². The number of hydrogen-bond acceptors (Lipinski definition) is 4. The van der Waals surface area contributed by atoms with Gasteiger partial charge in [-0.3, -0.25) is 4.79 Å². The zero-order valence-electron chi connectivity index (χ0n) is 12.6. The smallest absolute Gasteiger partial charge is 0.253 e. The van der Waals surface area contributed by atoms with E-state index in [0.29, 0.717) is 18.2 Å². The second-order valence-electron chi connectivity index (χ2n) is 5.20. The molecule has 0 aliphatic carbocycles. The first kappa shape index (κ1) is 14.3. The van der Waals surface area contributed by atoms with Crippen LogP contribution in [0.2, 0.25) is 0 Å². The zero-order valence-corrected chi connectivity index (χ0v) is 12.6. The Labute approximate surface area is 127 Å². The van der Waals surface area contributed by atoms with Gasteiger partial charge in [-0.1, -0.05) is 18.2 Å². The Balaban J connectivity index is 1.89. The number of nitrogens with one attached hydrogen (secondary N) is 2. The normalized spacial score (nSPS) is 11.0. The predicted molar refractivity (Wildman–Crippen MR) is 86.0 cm³/mol. The highest BCUT2D eigenvalue weighted by atomic mass is 16.5. The molecule has 0 saturated heterocycles. The Morgan fingerprint density at radius 1 is 1.32 bits per heavy atom. The van der Waals surface area contributed by atoms with Crippen molar-refractivity contribution in [2.24, 2.45) is 0 Å². The van der Waals surface area contributed by atoms with E-state index in [1.807, 2.05) is 30.3 Å². The molecule has 0 atom stereocenters. The van der Waals surface area contributed by atoms with Crippen LogP contribution in [0.3, 0.4) is 0 Å². The van der Waals surface area contributed by atoms with Crippen LogP contribution in [0.5, 0.6) is 0 Å². The Hall–Kier alpha value is -2.60.